The predicted molar refractivity (Wildman–Crippen MR) is 155 cm³/mol. The minimum atomic E-state index is -1.19. The van der Waals surface area contributed by atoms with E-state index in [0.29, 0.717) is 22.8 Å². The first-order valence-electron chi connectivity index (χ1n) is 13.0. The SMILES string of the molecule is CC.Cc1cccc(Cn2c(C)c(C)c3c(-c4ccc(Cl)cc4)c(C(OC(C)(C)C)C(=O)O)c(C)nc32)n1. The Bertz CT molecular complexity index is 1450. The van der Waals surface area contributed by atoms with Gasteiger partial charge in [-0.2, -0.15) is 0 Å². The number of rotatable bonds is 6. The highest BCUT2D eigenvalue weighted by Gasteiger charge is 2.33. The Hall–Kier alpha value is -3.22. The van der Waals surface area contributed by atoms with Crippen LogP contribution < -0.4 is 0 Å². The van der Waals surface area contributed by atoms with Gasteiger partial charge in [-0.3, -0.25) is 4.98 Å². The number of fused-ring (bicyclic) bond motifs is 1. The summed E-state index contributed by atoms with van der Waals surface area (Å²) in [5.41, 5.74) is 6.94. The second-order valence-corrected chi connectivity index (χ2v) is 10.6. The fourth-order valence-corrected chi connectivity index (χ4v) is 4.79. The molecule has 4 rings (SSSR count). The number of benzene rings is 1. The second-order valence-electron chi connectivity index (χ2n) is 10.2. The number of carbonyl (C=O) groups is 1. The van der Waals surface area contributed by atoms with Crippen molar-refractivity contribution in [3.63, 3.8) is 0 Å². The van der Waals surface area contributed by atoms with Crippen LogP contribution in [0, 0.1) is 27.7 Å². The fraction of sp³-hybridized carbons (Fsp3) is 0.387. The summed E-state index contributed by atoms with van der Waals surface area (Å²) in [7, 11) is 0. The normalized spacial score (nSPS) is 12.3. The molecule has 6 nitrogen and oxygen atoms in total. The smallest absolute Gasteiger partial charge is 0.337 e. The van der Waals surface area contributed by atoms with Gasteiger partial charge in [0.25, 0.3) is 0 Å². The molecule has 7 heteroatoms. The van der Waals surface area contributed by atoms with Gasteiger partial charge in [0.15, 0.2) is 6.10 Å². The van der Waals surface area contributed by atoms with Crippen LogP contribution in [0.4, 0.5) is 0 Å². The molecule has 0 amide bonds. The lowest BCUT2D eigenvalue weighted by Crippen LogP contribution is -2.28. The Labute approximate surface area is 230 Å². The first-order chi connectivity index (χ1) is 17.9. The molecule has 0 aliphatic carbocycles. The number of aryl methyl sites for hydroxylation is 3. The molecule has 0 saturated carbocycles. The van der Waals surface area contributed by atoms with E-state index in [-0.39, 0.29) is 0 Å². The molecular weight excluding hydrogens is 498 g/mol. The molecule has 0 saturated heterocycles. The largest absolute Gasteiger partial charge is 0.479 e. The van der Waals surface area contributed by atoms with Gasteiger partial charge in [0.05, 0.1) is 17.8 Å². The first-order valence-corrected chi connectivity index (χ1v) is 13.3. The zero-order chi connectivity index (χ0) is 28.4. The zero-order valence-electron chi connectivity index (χ0n) is 23.8. The van der Waals surface area contributed by atoms with Crippen LogP contribution in [0.2, 0.25) is 5.02 Å². The summed E-state index contributed by atoms with van der Waals surface area (Å²) in [6.07, 6.45) is -1.19. The lowest BCUT2D eigenvalue weighted by Gasteiger charge is -2.28. The van der Waals surface area contributed by atoms with E-state index in [1.165, 1.54) is 0 Å². The average molecular weight is 536 g/mol. The van der Waals surface area contributed by atoms with E-state index >= 15 is 0 Å². The number of carboxylic acid groups (broad SMARTS) is 1. The molecule has 3 heterocycles. The Kier molecular flexibility index (Phi) is 9.01. The average Bonchev–Trinajstić information content (AvgIpc) is 3.07. The lowest BCUT2D eigenvalue weighted by atomic mass is 9.91. The van der Waals surface area contributed by atoms with E-state index in [0.717, 1.165) is 44.8 Å². The molecule has 4 aromatic rings. The first kappa shape index (κ1) is 29.3. The zero-order valence-corrected chi connectivity index (χ0v) is 24.6. The molecular formula is C31H38ClN3O3. The summed E-state index contributed by atoms with van der Waals surface area (Å²) < 4.78 is 8.26. The van der Waals surface area contributed by atoms with Gasteiger partial charge < -0.3 is 14.4 Å². The van der Waals surface area contributed by atoms with Crippen LogP contribution >= 0.6 is 11.6 Å². The van der Waals surface area contributed by atoms with Gasteiger partial charge >= 0.3 is 5.97 Å². The maximum absolute atomic E-state index is 12.5. The molecule has 3 aromatic heterocycles. The highest BCUT2D eigenvalue weighted by atomic mass is 35.5. The van der Waals surface area contributed by atoms with Gasteiger partial charge in [-0.15, -0.1) is 0 Å². The number of pyridine rings is 2. The summed E-state index contributed by atoms with van der Waals surface area (Å²) in [5, 5.41) is 11.8. The third-order valence-electron chi connectivity index (χ3n) is 6.34. The van der Waals surface area contributed by atoms with Crippen molar-refractivity contribution in [2.24, 2.45) is 0 Å². The third kappa shape index (κ3) is 6.08. The highest BCUT2D eigenvalue weighted by Crippen LogP contribution is 2.42. The van der Waals surface area contributed by atoms with E-state index in [4.69, 9.17) is 21.3 Å². The molecule has 0 aliphatic rings. The maximum atomic E-state index is 12.5. The molecule has 1 atom stereocenters. The van der Waals surface area contributed by atoms with Gasteiger partial charge in [0.2, 0.25) is 0 Å². The third-order valence-corrected chi connectivity index (χ3v) is 6.59. The summed E-state index contributed by atoms with van der Waals surface area (Å²) in [6.45, 7) is 18.1. The number of aromatic nitrogens is 3. The minimum absolute atomic E-state index is 0.557. The van der Waals surface area contributed by atoms with Crippen molar-refractivity contribution in [2.75, 3.05) is 0 Å². The van der Waals surface area contributed by atoms with Crippen molar-refractivity contribution in [1.29, 1.82) is 0 Å². The van der Waals surface area contributed by atoms with Crippen LogP contribution in [-0.4, -0.2) is 31.2 Å². The molecule has 0 fully saturated rings. The Morgan fingerprint density at radius 2 is 1.66 bits per heavy atom. The Morgan fingerprint density at radius 3 is 2.21 bits per heavy atom. The van der Waals surface area contributed by atoms with Crippen LogP contribution in [0.3, 0.4) is 0 Å². The van der Waals surface area contributed by atoms with Crippen molar-refractivity contribution in [2.45, 2.75) is 80.6 Å². The predicted octanol–water partition coefficient (Wildman–Crippen LogP) is 8.00. The number of aliphatic carboxylic acids is 1. The topological polar surface area (TPSA) is 77.2 Å². The van der Waals surface area contributed by atoms with Crippen molar-refractivity contribution in [3.8, 4) is 11.1 Å². The number of ether oxygens (including phenoxy) is 1. The van der Waals surface area contributed by atoms with Crippen LogP contribution in [0.15, 0.2) is 42.5 Å². The van der Waals surface area contributed by atoms with Crippen LogP contribution in [0.5, 0.6) is 0 Å². The molecule has 0 aliphatic heterocycles. The van der Waals surface area contributed by atoms with Crippen LogP contribution in [0.1, 0.15) is 74.6 Å². The van der Waals surface area contributed by atoms with Crippen molar-refractivity contribution in [3.05, 3.63) is 81.4 Å². The second kappa shape index (κ2) is 11.7. The van der Waals surface area contributed by atoms with Crippen molar-refractivity contribution >= 4 is 28.6 Å². The van der Waals surface area contributed by atoms with E-state index in [1.54, 1.807) is 0 Å². The molecule has 38 heavy (non-hydrogen) atoms. The molecule has 1 unspecified atom stereocenters. The molecule has 0 bridgehead atoms. The number of carboxylic acids is 1. The van der Waals surface area contributed by atoms with E-state index in [9.17, 15) is 9.90 Å². The van der Waals surface area contributed by atoms with Gasteiger partial charge in [0.1, 0.15) is 5.65 Å². The van der Waals surface area contributed by atoms with Crippen LogP contribution in [0.25, 0.3) is 22.2 Å². The summed E-state index contributed by atoms with van der Waals surface area (Å²) in [6, 6.07) is 13.5. The lowest BCUT2D eigenvalue weighted by molar-refractivity contribution is -0.160. The minimum Gasteiger partial charge on any atom is -0.479 e. The summed E-state index contributed by atoms with van der Waals surface area (Å²) in [5.74, 6) is -1.05. The summed E-state index contributed by atoms with van der Waals surface area (Å²) in [4.78, 5) is 22.2. The van der Waals surface area contributed by atoms with Gasteiger partial charge in [0, 0.05) is 38.6 Å². The monoisotopic (exact) mass is 535 g/mol. The molecule has 202 valence electrons. The number of nitrogens with zero attached hydrogens (tertiary/aromatic N) is 3. The van der Waals surface area contributed by atoms with Gasteiger partial charge in [-0.25, -0.2) is 9.78 Å². The number of hydrogen-bond donors (Lipinski definition) is 1. The van der Waals surface area contributed by atoms with Crippen molar-refractivity contribution in [1.82, 2.24) is 14.5 Å². The molecule has 0 spiro atoms. The fourth-order valence-electron chi connectivity index (χ4n) is 4.66. The van der Waals surface area contributed by atoms with E-state index in [1.807, 2.05) is 90.9 Å². The molecule has 1 N–H and O–H groups in total. The van der Waals surface area contributed by atoms with Gasteiger partial charge in [-0.05, 0) is 83.9 Å². The van der Waals surface area contributed by atoms with Gasteiger partial charge in [-0.1, -0.05) is 43.6 Å². The Morgan fingerprint density at radius 1 is 1.03 bits per heavy atom. The number of hydrogen-bond acceptors (Lipinski definition) is 4. The Balaban J connectivity index is 0.00000195. The van der Waals surface area contributed by atoms with E-state index < -0.39 is 17.7 Å². The van der Waals surface area contributed by atoms with Crippen LogP contribution in [-0.2, 0) is 16.1 Å². The van der Waals surface area contributed by atoms with E-state index in [2.05, 4.69) is 23.4 Å². The quantitative estimate of drug-likeness (QED) is 0.270. The molecule has 0 radical (unpaired) electrons. The number of halogens is 1. The standard InChI is InChI=1S/C29H32ClN3O3.C2H6/c1-16-9-8-10-22(31-16)15-33-19(4)17(2)23-25(20-11-13-21(30)14-12-20)24(18(3)32-27(23)33)26(28(34)35)36-29(5,6)7;1-2/h8-14,26H,15H2,1-7H3,(H,34,35);1-2H3. The molecule has 1 aromatic carbocycles. The highest BCUT2D eigenvalue weighted by molar-refractivity contribution is 6.30. The van der Waals surface area contributed by atoms with Crippen molar-refractivity contribution < 1.29 is 14.6 Å². The maximum Gasteiger partial charge on any atom is 0.337 e. The summed E-state index contributed by atoms with van der Waals surface area (Å²) >= 11 is 6.21.